The van der Waals surface area contributed by atoms with Gasteiger partial charge in [0.05, 0.1) is 10.7 Å². The van der Waals surface area contributed by atoms with Crippen LogP contribution in [0.15, 0.2) is 42.5 Å². The molecule has 2 aromatic heterocycles. The summed E-state index contributed by atoms with van der Waals surface area (Å²) >= 11 is 6.31. The van der Waals surface area contributed by atoms with Crippen LogP contribution in [0.5, 0.6) is 0 Å². The van der Waals surface area contributed by atoms with E-state index in [2.05, 4.69) is 10.1 Å². The SMILES string of the molecule is Cc1ccc(C(=O)N2CCN(C(=O)c3nc(-n4nc(C)cc4C)ccc3Cl)CC2)cc1. The van der Waals surface area contributed by atoms with Crippen molar-refractivity contribution in [1.82, 2.24) is 24.6 Å². The summed E-state index contributed by atoms with van der Waals surface area (Å²) in [5.74, 6) is 0.289. The summed E-state index contributed by atoms with van der Waals surface area (Å²) in [6.45, 7) is 7.62. The van der Waals surface area contributed by atoms with E-state index in [4.69, 9.17) is 11.6 Å². The Balaban J connectivity index is 1.47. The predicted molar refractivity (Wildman–Crippen MR) is 119 cm³/mol. The Morgan fingerprint density at radius 3 is 2.06 bits per heavy atom. The van der Waals surface area contributed by atoms with Crippen molar-refractivity contribution in [2.45, 2.75) is 20.8 Å². The molecule has 0 atom stereocenters. The molecule has 0 unspecified atom stereocenters. The van der Waals surface area contributed by atoms with Gasteiger partial charge in [-0.25, -0.2) is 9.67 Å². The Labute approximate surface area is 186 Å². The van der Waals surface area contributed by atoms with Crippen LogP contribution in [-0.2, 0) is 0 Å². The lowest BCUT2D eigenvalue weighted by Crippen LogP contribution is -2.50. The Kier molecular flexibility index (Phi) is 5.78. The first-order valence-corrected chi connectivity index (χ1v) is 10.6. The van der Waals surface area contributed by atoms with Crippen LogP contribution in [0, 0.1) is 20.8 Å². The standard InChI is InChI=1S/C23H24ClN5O2/c1-15-4-6-18(7-5-15)22(30)27-10-12-28(13-11-27)23(31)21-19(24)8-9-20(25-21)29-17(3)14-16(2)26-29/h4-9,14H,10-13H2,1-3H3. The van der Waals surface area contributed by atoms with Gasteiger partial charge in [-0.3, -0.25) is 9.59 Å². The monoisotopic (exact) mass is 437 g/mol. The molecule has 1 aromatic carbocycles. The molecule has 1 fully saturated rings. The van der Waals surface area contributed by atoms with Gasteiger partial charge in [0.2, 0.25) is 0 Å². The molecule has 0 spiro atoms. The maximum Gasteiger partial charge on any atom is 0.274 e. The number of hydrogen-bond acceptors (Lipinski definition) is 4. The number of aromatic nitrogens is 3. The Bertz CT molecular complexity index is 1130. The van der Waals surface area contributed by atoms with Gasteiger partial charge < -0.3 is 9.80 Å². The summed E-state index contributed by atoms with van der Waals surface area (Å²) in [5, 5.41) is 4.73. The van der Waals surface area contributed by atoms with Crippen LogP contribution < -0.4 is 0 Å². The summed E-state index contributed by atoms with van der Waals surface area (Å²) in [4.78, 5) is 33.8. The Hall–Kier alpha value is -3.19. The normalized spacial score (nSPS) is 14.1. The van der Waals surface area contributed by atoms with Gasteiger partial charge in [0.1, 0.15) is 5.69 Å². The second-order valence-electron chi connectivity index (χ2n) is 7.79. The molecule has 31 heavy (non-hydrogen) atoms. The molecule has 4 rings (SSSR count). The molecule has 0 aliphatic carbocycles. The number of rotatable bonds is 3. The highest BCUT2D eigenvalue weighted by Gasteiger charge is 2.27. The lowest BCUT2D eigenvalue weighted by atomic mass is 10.1. The van der Waals surface area contributed by atoms with Crippen molar-refractivity contribution in [3.05, 3.63) is 75.7 Å². The van der Waals surface area contributed by atoms with Gasteiger partial charge in [0.15, 0.2) is 5.82 Å². The molecule has 0 bridgehead atoms. The number of carbonyl (C=O) groups excluding carboxylic acids is 2. The van der Waals surface area contributed by atoms with Crippen LogP contribution in [0.2, 0.25) is 5.02 Å². The van der Waals surface area contributed by atoms with E-state index in [1.165, 1.54) is 0 Å². The van der Waals surface area contributed by atoms with Crippen molar-refractivity contribution in [3.8, 4) is 5.82 Å². The van der Waals surface area contributed by atoms with Crippen LogP contribution in [0.25, 0.3) is 5.82 Å². The molecule has 0 N–H and O–H groups in total. The van der Waals surface area contributed by atoms with E-state index in [1.807, 2.05) is 51.1 Å². The van der Waals surface area contributed by atoms with E-state index in [0.29, 0.717) is 42.6 Å². The van der Waals surface area contributed by atoms with Gasteiger partial charge in [0.25, 0.3) is 11.8 Å². The van der Waals surface area contributed by atoms with Crippen molar-refractivity contribution >= 4 is 23.4 Å². The van der Waals surface area contributed by atoms with Gasteiger partial charge in [-0.15, -0.1) is 0 Å². The molecular formula is C23H24ClN5O2. The fourth-order valence-electron chi connectivity index (χ4n) is 3.70. The number of halogens is 1. The molecule has 0 saturated carbocycles. The Morgan fingerprint density at radius 1 is 0.871 bits per heavy atom. The minimum atomic E-state index is -0.240. The third-order valence-corrected chi connectivity index (χ3v) is 5.72. The number of piperazine rings is 1. The second kappa shape index (κ2) is 8.51. The van der Waals surface area contributed by atoms with Crippen LogP contribution >= 0.6 is 11.6 Å². The molecule has 1 aliphatic rings. The average Bonchev–Trinajstić information content (AvgIpc) is 3.11. The van der Waals surface area contributed by atoms with Crippen LogP contribution in [0.3, 0.4) is 0 Å². The van der Waals surface area contributed by atoms with Gasteiger partial charge in [-0.2, -0.15) is 5.10 Å². The third kappa shape index (κ3) is 4.32. The molecule has 3 aromatic rings. The predicted octanol–water partition coefficient (Wildman–Crippen LogP) is 3.44. The summed E-state index contributed by atoms with van der Waals surface area (Å²) < 4.78 is 1.70. The molecule has 1 aliphatic heterocycles. The summed E-state index contributed by atoms with van der Waals surface area (Å²) in [7, 11) is 0. The van der Waals surface area contributed by atoms with E-state index in [-0.39, 0.29) is 17.5 Å². The molecule has 7 nitrogen and oxygen atoms in total. The highest BCUT2D eigenvalue weighted by Crippen LogP contribution is 2.20. The first kappa shape index (κ1) is 21.1. The van der Waals surface area contributed by atoms with E-state index in [9.17, 15) is 9.59 Å². The molecule has 1 saturated heterocycles. The lowest BCUT2D eigenvalue weighted by Gasteiger charge is -2.34. The largest absolute Gasteiger partial charge is 0.335 e. The van der Waals surface area contributed by atoms with Crippen molar-refractivity contribution in [2.75, 3.05) is 26.2 Å². The van der Waals surface area contributed by atoms with E-state index >= 15 is 0 Å². The molecular weight excluding hydrogens is 414 g/mol. The highest BCUT2D eigenvalue weighted by molar-refractivity contribution is 6.33. The van der Waals surface area contributed by atoms with Crippen molar-refractivity contribution in [3.63, 3.8) is 0 Å². The number of hydrogen-bond donors (Lipinski definition) is 0. The number of aryl methyl sites for hydroxylation is 3. The number of benzene rings is 1. The fraction of sp³-hybridized carbons (Fsp3) is 0.304. The van der Waals surface area contributed by atoms with Gasteiger partial charge in [-0.05, 0) is 51.1 Å². The Morgan fingerprint density at radius 2 is 1.48 bits per heavy atom. The van der Waals surface area contributed by atoms with Gasteiger partial charge in [0, 0.05) is 37.4 Å². The quantitative estimate of drug-likeness (QED) is 0.629. The number of amides is 2. The summed E-state index contributed by atoms with van der Waals surface area (Å²) in [6.07, 6.45) is 0. The topological polar surface area (TPSA) is 71.3 Å². The second-order valence-corrected chi connectivity index (χ2v) is 8.20. The van der Waals surface area contributed by atoms with Crippen molar-refractivity contribution in [2.24, 2.45) is 0 Å². The fourth-order valence-corrected chi connectivity index (χ4v) is 3.89. The number of nitrogens with zero attached hydrogens (tertiary/aromatic N) is 5. The molecule has 3 heterocycles. The average molecular weight is 438 g/mol. The first-order chi connectivity index (χ1) is 14.8. The summed E-state index contributed by atoms with van der Waals surface area (Å²) in [6, 6.07) is 12.9. The minimum absolute atomic E-state index is 0.0187. The van der Waals surface area contributed by atoms with E-state index in [1.54, 1.807) is 26.6 Å². The zero-order valence-corrected chi connectivity index (χ0v) is 18.6. The zero-order valence-electron chi connectivity index (χ0n) is 17.8. The first-order valence-electron chi connectivity index (χ1n) is 10.2. The van der Waals surface area contributed by atoms with E-state index in [0.717, 1.165) is 17.0 Å². The third-order valence-electron chi connectivity index (χ3n) is 5.41. The zero-order chi connectivity index (χ0) is 22.1. The maximum atomic E-state index is 13.1. The van der Waals surface area contributed by atoms with Crippen molar-refractivity contribution < 1.29 is 9.59 Å². The minimum Gasteiger partial charge on any atom is -0.335 e. The van der Waals surface area contributed by atoms with Crippen LogP contribution in [-0.4, -0.2) is 62.6 Å². The van der Waals surface area contributed by atoms with Crippen molar-refractivity contribution in [1.29, 1.82) is 0 Å². The van der Waals surface area contributed by atoms with Crippen LogP contribution in [0.4, 0.5) is 0 Å². The summed E-state index contributed by atoms with van der Waals surface area (Å²) in [5.41, 5.74) is 3.77. The van der Waals surface area contributed by atoms with Gasteiger partial charge in [-0.1, -0.05) is 29.3 Å². The van der Waals surface area contributed by atoms with E-state index < -0.39 is 0 Å². The smallest absolute Gasteiger partial charge is 0.274 e. The molecule has 160 valence electrons. The molecule has 8 heteroatoms. The van der Waals surface area contributed by atoms with Gasteiger partial charge >= 0.3 is 0 Å². The molecule has 0 radical (unpaired) electrons. The number of pyridine rings is 1. The molecule has 2 amide bonds. The van der Waals surface area contributed by atoms with Crippen LogP contribution in [0.1, 0.15) is 37.8 Å². The number of carbonyl (C=O) groups is 2. The maximum absolute atomic E-state index is 13.1. The lowest BCUT2D eigenvalue weighted by molar-refractivity contribution is 0.0532. The highest BCUT2D eigenvalue weighted by atomic mass is 35.5.